The van der Waals surface area contributed by atoms with Gasteiger partial charge < -0.3 is 10.2 Å². The molecule has 1 atom stereocenters. The van der Waals surface area contributed by atoms with Crippen LogP contribution in [-0.2, 0) is 26.2 Å². The van der Waals surface area contributed by atoms with Gasteiger partial charge >= 0.3 is 0 Å². The van der Waals surface area contributed by atoms with E-state index >= 15 is 0 Å². The van der Waals surface area contributed by atoms with E-state index in [2.05, 4.69) is 5.32 Å². The summed E-state index contributed by atoms with van der Waals surface area (Å²) in [4.78, 5) is 39.1. The maximum atomic E-state index is 13.9. The lowest BCUT2D eigenvalue weighted by atomic mass is 10.1. The Bertz CT molecular complexity index is 1460. The Kier molecular flexibility index (Phi) is 10.0. The van der Waals surface area contributed by atoms with Gasteiger partial charge in [0.15, 0.2) is 0 Å². The molecule has 1 N–H and O–H groups in total. The van der Waals surface area contributed by atoms with E-state index in [1.165, 1.54) is 35.2 Å². The number of nitrogens with zero attached hydrogens (tertiary/aromatic N) is 3. The fraction of sp³-hybridized carbons (Fsp3) is 0.310. The summed E-state index contributed by atoms with van der Waals surface area (Å²) in [6.45, 7) is 7.19. The third kappa shape index (κ3) is 7.44. The Hall–Kier alpha value is -4.25. The maximum absolute atomic E-state index is 13.9. The molecule has 2 amide bonds. The van der Waals surface area contributed by atoms with Gasteiger partial charge in [-0.3, -0.25) is 24.0 Å². The molecule has 0 aliphatic heterocycles. The van der Waals surface area contributed by atoms with Crippen molar-refractivity contribution in [3.05, 3.63) is 100 Å². The zero-order chi connectivity index (χ0) is 29.4. The molecular weight excluding hydrogens is 532 g/mol. The number of carbonyl (C=O) groups excluding carboxylic acids is 2. The monoisotopic (exact) mass is 566 g/mol. The Morgan fingerprint density at radius 3 is 2.23 bits per heavy atom. The maximum Gasteiger partial charge on any atom is 0.271 e. The molecule has 0 fully saturated rings. The van der Waals surface area contributed by atoms with E-state index in [4.69, 9.17) is 0 Å². The predicted octanol–water partition coefficient (Wildman–Crippen LogP) is 4.29. The number of non-ortho nitro benzene ring substituents is 1. The van der Waals surface area contributed by atoms with Crippen molar-refractivity contribution in [1.29, 1.82) is 0 Å². The average molecular weight is 567 g/mol. The third-order valence-corrected chi connectivity index (χ3v) is 8.18. The van der Waals surface area contributed by atoms with Gasteiger partial charge in [0.2, 0.25) is 11.8 Å². The average Bonchev–Trinajstić information content (AvgIpc) is 2.94. The number of nitrogens with one attached hydrogen (secondary N) is 1. The lowest BCUT2D eigenvalue weighted by molar-refractivity contribution is -0.384. The minimum absolute atomic E-state index is 0.0424. The number of hydrogen-bond donors (Lipinski definition) is 1. The number of carbonyl (C=O) groups is 2. The van der Waals surface area contributed by atoms with Gasteiger partial charge in [-0.05, 0) is 49.1 Å². The number of aryl methyl sites for hydroxylation is 1. The lowest BCUT2D eigenvalue weighted by Crippen LogP contribution is -2.51. The summed E-state index contributed by atoms with van der Waals surface area (Å²) in [5.41, 5.74) is 1.34. The van der Waals surface area contributed by atoms with Crippen LogP contribution >= 0.6 is 0 Å². The Morgan fingerprint density at radius 2 is 1.60 bits per heavy atom. The number of rotatable bonds is 12. The van der Waals surface area contributed by atoms with Crippen LogP contribution in [0.25, 0.3) is 0 Å². The van der Waals surface area contributed by atoms with Gasteiger partial charge in [-0.25, -0.2) is 8.42 Å². The summed E-state index contributed by atoms with van der Waals surface area (Å²) in [7, 11) is -4.31. The normalized spacial score (nSPS) is 12.0. The first kappa shape index (κ1) is 30.3. The van der Waals surface area contributed by atoms with Crippen molar-refractivity contribution in [2.45, 2.75) is 45.2 Å². The van der Waals surface area contributed by atoms with Crippen LogP contribution in [0.5, 0.6) is 0 Å². The molecular formula is C29H34N4O6S. The largest absolute Gasteiger partial charge is 0.354 e. The Balaban J connectivity index is 2.05. The van der Waals surface area contributed by atoms with Crippen LogP contribution in [0.2, 0.25) is 0 Å². The molecule has 0 aliphatic carbocycles. The second kappa shape index (κ2) is 13.2. The van der Waals surface area contributed by atoms with Gasteiger partial charge in [0, 0.05) is 25.2 Å². The topological polar surface area (TPSA) is 130 Å². The van der Waals surface area contributed by atoms with Crippen LogP contribution in [0.4, 0.5) is 11.4 Å². The molecule has 1 unspecified atom stereocenters. The van der Waals surface area contributed by atoms with Crippen LogP contribution < -0.4 is 9.62 Å². The van der Waals surface area contributed by atoms with E-state index < -0.39 is 33.4 Å². The van der Waals surface area contributed by atoms with Gasteiger partial charge in [-0.15, -0.1) is 0 Å². The minimum Gasteiger partial charge on any atom is -0.354 e. The molecule has 40 heavy (non-hydrogen) atoms. The van der Waals surface area contributed by atoms with E-state index in [0.29, 0.717) is 6.54 Å². The molecule has 0 spiro atoms. The minimum atomic E-state index is -4.31. The van der Waals surface area contributed by atoms with Crippen molar-refractivity contribution in [2.24, 2.45) is 5.92 Å². The van der Waals surface area contributed by atoms with E-state index in [1.54, 1.807) is 25.1 Å². The van der Waals surface area contributed by atoms with Gasteiger partial charge in [0.1, 0.15) is 12.6 Å². The Labute approximate surface area is 234 Å². The summed E-state index contributed by atoms with van der Waals surface area (Å²) in [5, 5.41) is 14.3. The molecule has 3 aromatic carbocycles. The highest BCUT2D eigenvalue weighted by Crippen LogP contribution is 2.27. The molecule has 0 saturated heterocycles. The molecule has 212 valence electrons. The molecule has 3 aromatic rings. The molecule has 3 rings (SSSR count). The number of anilines is 1. The molecule has 0 radical (unpaired) electrons. The number of nitro benzene ring substituents is 1. The lowest BCUT2D eigenvalue weighted by Gasteiger charge is -2.32. The van der Waals surface area contributed by atoms with Gasteiger partial charge in [-0.1, -0.05) is 62.4 Å². The first-order chi connectivity index (χ1) is 18.9. The number of nitro groups is 1. The summed E-state index contributed by atoms with van der Waals surface area (Å²) in [6.07, 6.45) is 0. The summed E-state index contributed by atoms with van der Waals surface area (Å²) >= 11 is 0. The van der Waals surface area contributed by atoms with Crippen molar-refractivity contribution in [3.8, 4) is 0 Å². The van der Waals surface area contributed by atoms with Crippen LogP contribution in [0, 0.1) is 23.0 Å². The quantitative estimate of drug-likeness (QED) is 0.257. The fourth-order valence-corrected chi connectivity index (χ4v) is 5.44. The van der Waals surface area contributed by atoms with Gasteiger partial charge in [0.05, 0.1) is 15.5 Å². The van der Waals surface area contributed by atoms with Crippen molar-refractivity contribution in [2.75, 3.05) is 17.4 Å². The smallest absolute Gasteiger partial charge is 0.271 e. The van der Waals surface area contributed by atoms with Crippen molar-refractivity contribution >= 4 is 33.2 Å². The molecule has 0 aromatic heterocycles. The molecule has 11 heteroatoms. The number of amides is 2. The van der Waals surface area contributed by atoms with Gasteiger partial charge in [-0.2, -0.15) is 0 Å². The van der Waals surface area contributed by atoms with Crippen molar-refractivity contribution < 1.29 is 22.9 Å². The SMILES string of the molecule is Cc1ccccc1CN(C(=O)CN(c1cccc([N+](=O)[O-])c1)S(=O)(=O)c1ccccc1)C(C)C(=O)NCC(C)C. The van der Waals surface area contributed by atoms with Crippen LogP contribution in [-0.4, -0.2) is 49.2 Å². The van der Waals surface area contributed by atoms with E-state index in [0.717, 1.165) is 21.5 Å². The highest BCUT2D eigenvalue weighted by molar-refractivity contribution is 7.92. The summed E-state index contributed by atoms with van der Waals surface area (Å²) in [5.74, 6) is -0.818. The van der Waals surface area contributed by atoms with Crippen LogP contribution in [0.1, 0.15) is 31.9 Å². The summed E-state index contributed by atoms with van der Waals surface area (Å²) < 4.78 is 28.4. The van der Waals surface area contributed by atoms with Gasteiger partial charge in [0.25, 0.3) is 15.7 Å². The van der Waals surface area contributed by atoms with Crippen LogP contribution in [0.15, 0.2) is 83.8 Å². The second-order valence-electron chi connectivity index (χ2n) is 9.86. The van der Waals surface area contributed by atoms with Crippen LogP contribution in [0.3, 0.4) is 0 Å². The zero-order valence-corrected chi connectivity index (χ0v) is 23.8. The first-order valence-corrected chi connectivity index (χ1v) is 14.3. The fourth-order valence-electron chi connectivity index (χ4n) is 4.02. The predicted molar refractivity (Wildman–Crippen MR) is 153 cm³/mol. The van der Waals surface area contributed by atoms with E-state index in [9.17, 15) is 28.1 Å². The van der Waals surface area contributed by atoms with E-state index in [-0.39, 0.29) is 34.6 Å². The van der Waals surface area contributed by atoms with Crippen molar-refractivity contribution in [3.63, 3.8) is 0 Å². The zero-order valence-electron chi connectivity index (χ0n) is 23.0. The summed E-state index contributed by atoms with van der Waals surface area (Å²) in [6, 6.07) is 19.1. The molecule has 0 saturated carbocycles. The molecule has 0 heterocycles. The molecule has 0 bridgehead atoms. The highest BCUT2D eigenvalue weighted by Gasteiger charge is 2.33. The number of sulfonamides is 1. The van der Waals surface area contributed by atoms with Crippen molar-refractivity contribution in [1.82, 2.24) is 10.2 Å². The Morgan fingerprint density at radius 1 is 0.950 bits per heavy atom. The highest BCUT2D eigenvalue weighted by atomic mass is 32.2. The standard InChI is InChI=1S/C29H34N4O6S/c1-21(2)18-30-29(35)23(4)31(19-24-12-9-8-11-22(24)3)28(34)20-32(25-13-10-14-26(17-25)33(36)37)40(38,39)27-15-6-5-7-16-27/h5-17,21,23H,18-20H2,1-4H3,(H,30,35). The molecule has 10 nitrogen and oxygen atoms in total. The van der Waals surface area contributed by atoms with E-state index in [1.807, 2.05) is 45.0 Å². The second-order valence-corrected chi connectivity index (χ2v) is 11.7. The number of benzene rings is 3. The number of hydrogen-bond acceptors (Lipinski definition) is 6. The molecule has 0 aliphatic rings. The first-order valence-electron chi connectivity index (χ1n) is 12.9. The third-order valence-electron chi connectivity index (χ3n) is 6.39.